The number of allylic oxidation sites excluding steroid dienone is 26. The van der Waals surface area contributed by atoms with Crippen molar-refractivity contribution in [1.29, 1.82) is 0 Å². The molecule has 468 valence electrons. The second kappa shape index (κ2) is 69.5. The molecule has 0 saturated heterocycles. The van der Waals surface area contributed by atoms with Crippen molar-refractivity contribution in [3.8, 4) is 0 Å². The van der Waals surface area contributed by atoms with E-state index in [0.29, 0.717) is 19.3 Å². The average Bonchev–Trinajstić information content (AvgIpc) is 3.49. The third-order valence-corrected chi connectivity index (χ3v) is 14.0. The second-order valence-corrected chi connectivity index (χ2v) is 22.0. The molecule has 1 atom stereocenters. The highest BCUT2D eigenvalue weighted by molar-refractivity contribution is 5.71. The fraction of sp³-hybridized carbons (Fsp3) is 0.623. The first-order valence-electron chi connectivity index (χ1n) is 34.0. The van der Waals surface area contributed by atoms with Crippen LogP contribution in [0.15, 0.2) is 158 Å². The molecule has 0 aliphatic heterocycles. The molecule has 1 unspecified atom stereocenters. The summed E-state index contributed by atoms with van der Waals surface area (Å²) < 4.78 is 16.8. The van der Waals surface area contributed by atoms with Crippen LogP contribution in [0.3, 0.4) is 0 Å². The van der Waals surface area contributed by atoms with E-state index in [2.05, 4.69) is 167 Å². The predicted molar refractivity (Wildman–Crippen MR) is 362 cm³/mol. The number of hydrogen-bond donors (Lipinski definition) is 0. The van der Waals surface area contributed by atoms with E-state index in [0.717, 1.165) is 116 Å². The van der Waals surface area contributed by atoms with Crippen molar-refractivity contribution >= 4 is 17.9 Å². The van der Waals surface area contributed by atoms with Gasteiger partial charge in [0.1, 0.15) is 13.2 Å². The predicted octanol–water partition coefficient (Wildman–Crippen LogP) is 23.7. The first-order valence-corrected chi connectivity index (χ1v) is 34.0. The van der Waals surface area contributed by atoms with Crippen molar-refractivity contribution in [2.45, 2.75) is 297 Å². The largest absolute Gasteiger partial charge is 0.462 e. The van der Waals surface area contributed by atoms with Gasteiger partial charge in [0.05, 0.1) is 0 Å². The lowest BCUT2D eigenvalue weighted by Gasteiger charge is -2.18. The van der Waals surface area contributed by atoms with E-state index < -0.39 is 6.10 Å². The smallest absolute Gasteiger partial charge is 0.306 e. The monoisotopic (exact) mass is 1140 g/mol. The van der Waals surface area contributed by atoms with E-state index in [4.69, 9.17) is 14.2 Å². The molecule has 0 spiro atoms. The van der Waals surface area contributed by atoms with Gasteiger partial charge in [-0.3, -0.25) is 14.4 Å². The highest BCUT2D eigenvalue weighted by atomic mass is 16.6. The minimum absolute atomic E-state index is 0.119. The number of hydrogen-bond acceptors (Lipinski definition) is 6. The van der Waals surface area contributed by atoms with E-state index in [9.17, 15) is 14.4 Å². The van der Waals surface area contributed by atoms with Crippen molar-refractivity contribution < 1.29 is 28.6 Å². The molecule has 83 heavy (non-hydrogen) atoms. The van der Waals surface area contributed by atoms with Gasteiger partial charge >= 0.3 is 17.9 Å². The lowest BCUT2D eigenvalue weighted by atomic mass is 10.0. The maximum atomic E-state index is 12.9. The molecule has 0 fully saturated rings. The van der Waals surface area contributed by atoms with E-state index in [1.54, 1.807) is 0 Å². The summed E-state index contributed by atoms with van der Waals surface area (Å²) in [5.74, 6) is -1.04. The van der Waals surface area contributed by atoms with E-state index in [1.807, 2.05) is 12.2 Å². The van der Waals surface area contributed by atoms with Gasteiger partial charge in [0.2, 0.25) is 0 Å². The van der Waals surface area contributed by atoms with Crippen LogP contribution in [0.5, 0.6) is 0 Å². The Morgan fingerprint density at radius 1 is 0.253 bits per heavy atom. The van der Waals surface area contributed by atoms with Crippen LogP contribution < -0.4 is 0 Å². The number of rotatable bonds is 60. The van der Waals surface area contributed by atoms with Gasteiger partial charge in [-0.15, -0.1) is 0 Å². The van der Waals surface area contributed by atoms with Gasteiger partial charge in [0.25, 0.3) is 0 Å². The fourth-order valence-corrected chi connectivity index (χ4v) is 9.00. The molecule has 6 nitrogen and oxygen atoms in total. The molecule has 0 aromatic heterocycles. The zero-order chi connectivity index (χ0) is 59.9. The molecule has 0 aromatic carbocycles. The van der Waals surface area contributed by atoms with E-state index >= 15 is 0 Å². The highest BCUT2D eigenvalue weighted by Gasteiger charge is 2.19. The summed E-state index contributed by atoms with van der Waals surface area (Å²) in [4.78, 5) is 38.3. The fourth-order valence-electron chi connectivity index (χ4n) is 9.00. The van der Waals surface area contributed by atoms with Gasteiger partial charge in [-0.1, -0.05) is 294 Å². The third-order valence-electron chi connectivity index (χ3n) is 14.0. The van der Waals surface area contributed by atoms with Crippen molar-refractivity contribution in [1.82, 2.24) is 0 Å². The molecule has 0 aromatic rings. The summed E-state index contributed by atoms with van der Waals surface area (Å²) in [6.45, 7) is 6.32. The Bertz CT molecular complexity index is 1840. The standard InChI is InChI=1S/C77H124O6/c1-4-7-10-13-16-19-22-25-27-29-31-33-35-37-38-40-41-43-45-47-49-52-55-58-61-64-67-70-76(79)82-73-74(72-81-75(78)69-66-63-60-57-54-51-24-21-18-15-12-9-6-3)83-77(80)71-68-65-62-59-56-53-50-48-46-44-42-39-36-34-32-30-28-26-23-20-17-14-11-8-5-2/h8-9,11-12,17-18,20-22,25-26,28-29,31-32,34,39,42,46,48,51,53-54,56,60,63,74H,4-7,10,13-16,19,23-24,27,30,33,35-38,40-41,43-45,47,49-50,52,55,57-59,61-62,64-73H2,1-3H3/b11-8-,12-9-,20-17-,21-18-,25-22-,28-26-,31-29-,34-32-,42-39-,48-46-,54-51-,56-53-,63-60-. The zero-order valence-corrected chi connectivity index (χ0v) is 53.7. The second-order valence-electron chi connectivity index (χ2n) is 22.0. The van der Waals surface area contributed by atoms with Crippen LogP contribution in [0.2, 0.25) is 0 Å². The Morgan fingerprint density at radius 2 is 0.494 bits per heavy atom. The zero-order valence-electron chi connectivity index (χ0n) is 53.7. The highest BCUT2D eigenvalue weighted by Crippen LogP contribution is 2.16. The van der Waals surface area contributed by atoms with Crippen LogP contribution in [0.1, 0.15) is 290 Å². The van der Waals surface area contributed by atoms with Gasteiger partial charge in [0.15, 0.2) is 6.10 Å². The minimum Gasteiger partial charge on any atom is -0.462 e. The Hall–Kier alpha value is -4.97. The number of esters is 3. The molecule has 0 bridgehead atoms. The van der Waals surface area contributed by atoms with Gasteiger partial charge in [-0.05, 0) is 135 Å². The number of carbonyl (C=O) groups excluding carboxylic acids is 3. The molecule has 0 rings (SSSR count). The summed E-state index contributed by atoms with van der Waals surface area (Å²) in [5.41, 5.74) is 0. The lowest BCUT2D eigenvalue weighted by molar-refractivity contribution is -0.166. The third kappa shape index (κ3) is 67.7. The minimum atomic E-state index is -0.834. The molecule has 0 amide bonds. The van der Waals surface area contributed by atoms with Crippen LogP contribution in [0.4, 0.5) is 0 Å². The lowest BCUT2D eigenvalue weighted by Crippen LogP contribution is -2.30. The summed E-state index contributed by atoms with van der Waals surface area (Å²) in [5, 5.41) is 0. The summed E-state index contributed by atoms with van der Waals surface area (Å²) in [7, 11) is 0. The maximum absolute atomic E-state index is 12.9. The van der Waals surface area contributed by atoms with Crippen LogP contribution in [-0.2, 0) is 28.6 Å². The Labute approximate surface area is 511 Å². The van der Waals surface area contributed by atoms with Gasteiger partial charge < -0.3 is 14.2 Å². The molecule has 0 radical (unpaired) electrons. The first-order chi connectivity index (χ1) is 41.0. The molecule has 0 N–H and O–H groups in total. The Kier molecular flexibility index (Phi) is 65.4. The molecule has 0 heterocycles. The normalized spacial score (nSPS) is 13.1. The SMILES string of the molecule is CC/C=C\C/C=C\C/C=C\C/C=C\C/C=C\C/C=C\C/C=C\CCCCCC(=O)OC(COC(=O)CC/C=C\C/C=C\C/C=C\C/C=C\CC)COC(=O)CCCCCCCCCCCCCCCCC/C=C\C/C=C\CCCCCCC. The molecule has 0 aliphatic carbocycles. The van der Waals surface area contributed by atoms with E-state index in [1.165, 1.54) is 122 Å². The Morgan fingerprint density at radius 3 is 0.819 bits per heavy atom. The van der Waals surface area contributed by atoms with Crippen molar-refractivity contribution in [3.63, 3.8) is 0 Å². The van der Waals surface area contributed by atoms with Gasteiger partial charge in [0, 0.05) is 19.3 Å². The topological polar surface area (TPSA) is 78.9 Å². The number of ether oxygens (including phenoxy) is 3. The van der Waals surface area contributed by atoms with Crippen LogP contribution in [0.25, 0.3) is 0 Å². The van der Waals surface area contributed by atoms with E-state index in [-0.39, 0.29) is 44.0 Å². The first kappa shape index (κ1) is 78.0. The summed E-state index contributed by atoms with van der Waals surface area (Å²) in [6, 6.07) is 0. The molecule has 6 heteroatoms. The van der Waals surface area contributed by atoms with Crippen LogP contribution >= 0.6 is 0 Å². The van der Waals surface area contributed by atoms with Crippen molar-refractivity contribution in [2.75, 3.05) is 13.2 Å². The molecular weight excluding hydrogens is 1020 g/mol. The summed E-state index contributed by atoms with van der Waals surface area (Å²) >= 11 is 0. The van der Waals surface area contributed by atoms with Crippen molar-refractivity contribution in [2.24, 2.45) is 0 Å². The van der Waals surface area contributed by atoms with Crippen LogP contribution in [0, 0.1) is 0 Å². The molecular formula is C77H124O6. The molecule has 0 aliphatic rings. The van der Waals surface area contributed by atoms with Gasteiger partial charge in [-0.25, -0.2) is 0 Å². The van der Waals surface area contributed by atoms with Crippen LogP contribution in [-0.4, -0.2) is 37.2 Å². The maximum Gasteiger partial charge on any atom is 0.306 e. The average molecular weight is 1150 g/mol. The number of unbranched alkanes of at least 4 members (excludes halogenated alkanes) is 23. The van der Waals surface area contributed by atoms with Gasteiger partial charge in [-0.2, -0.15) is 0 Å². The quantitative estimate of drug-likeness (QED) is 0.0261. The summed E-state index contributed by atoms with van der Waals surface area (Å²) in [6.07, 6.45) is 101. The van der Waals surface area contributed by atoms with Crippen molar-refractivity contribution in [3.05, 3.63) is 158 Å². The Balaban J connectivity index is 4.41. The molecule has 0 saturated carbocycles. The number of carbonyl (C=O) groups is 3.